The van der Waals surface area contributed by atoms with Gasteiger partial charge in [-0.2, -0.15) is 0 Å². The highest BCUT2D eigenvalue weighted by atomic mass is 16.2. The molecule has 8 aromatic rings. The quantitative estimate of drug-likeness (QED) is 0.171. The van der Waals surface area contributed by atoms with Crippen LogP contribution in [0.4, 0.5) is 0 Å². The van der Waals surface area contributed by atoms with Crippen LogP contribution in [0, 0.1) is 0 Å². The van der Waals surface area contributed by atoms with Crippen molar-refractivity contribution < 1.29 is 0 Å². The Bertz CT molecular complexity index is 2300. The second kappa shape index (κ2) is 9.00. The maximum atomic E-state index is 13.7. The van der Waals surface area contributed by atoms with Crippen molar-refractivity contribution >= 4 is 37.8 Å². The van der Waals surface area contributed by atoms with Crippen LogP contribution in [0.5, 0.6) is 0 Å². The first-order chi connectivity index (χ1) is 20.2. The molecule has 0 bridgehead atoms. The Morgan fingerprint density at radius 2 is 0.732 bits per heavy atom. The number of nitrogens with zero attached hydrogens (tertiary/aromatic N) is 1. The Labute approximate surface area is 235 Å². The van der Waals surface area contributed by atoms with Crippen molar-refractivity contribution in [2.45, 2.75) is 0 Å². The summed E-state index contributed by atoms with van der Waals surface area (Å²) in [6.07, 6.45) is 0. The number of benzene rings is 6. The number of pyridine rings is 2. The number of fused-ring (bicyclic) bond motifs is 4. The van der Waals surface area contributed by atoms with Gasteiger partial charge in [0.05, 0.1) is 5.52 Å². The van der Waals surface area contributed by atoms with Gasteiger partial charge in [0.25, 0.3) is 11.1 Å². The third-order valence-electron chi connectivity index (χ3n) is 8.18. The molecule has 0 amide bonds. The van der Waals surface area contributed by atoms with E-state index in [2.05, 4.69) is 84.9 Å². The van der Waals surface area contributed by atoms with Crippen LogP contribution >= 0.6 is 0 Å². The molecule has 8 rings (SSSR count). The minimum Gasteiger partial charge on any atom is -0.268 e. The summed E-state index contributed by atoms with van der Waals surface area (Å²) < 4.78 is 1.37. The summed E-state index contributed by atoms with van der Waals surface area (Å²) in [4.78, 5) is 27.4. The van der Waals surface area contributed by atoms with Crippen molar-refractivity contribution in [2.75, 3.05) is 0 Å². The van der Waals surface area contributed by atoms with E-state index in [0.717, 1.165) is 54.9 Å². The summed E-state index contributed by atoms with van der Waals surface area (Å²) in [5.41, 5.74) is 6.83. The average molecular weight is 526 g/mol. The van der Waals surface area contributed by atoms with E-state index in [9.17, 15) is 9.59 Å². The molecule has 0 aliphatic carbocycles. The molecule has 0 spiro atoms. The topological polar surface area (TPSA) is 38.5 Å². The third kappa shape index (κ3) is 3.46. The van der Waals surface area contributed by atoms with Crippen LogP contribution < -0.4 is 11.1 Å². The third-order valence-corrected chi connectivity index (χ3v) is 8.18. The lowest BCUT2D eigenvalue weighted by atomic mass is 9.88. The monoisotopic (exact) mass is 525 g/mol. The van der Waals surface area contributed by atoms with Crippen molar-refractivity contribution in [1.29, 1.82) is 0 Å². The molecule has 0 aliphatic heterocycles. The maximum Gasteiger partial charge on any atom is 0.266 e. The van der Waals surface area contributed by atoms with Crippen molar-refractivity contribution in [2.24, 2.45) is 0 Å². The Morgan fingerprint density at radius 3 is 1.24 bits per heavy atom. The van der Waals surface area contributed by atoms with Gasteiger partial charge in [0.15, 0.2) is 0 Å². The van der Waals surface area contributed by atoms with Crippen LogP contribution in [0.25, 0.3) is 71.2 Å². The normalized spacial score (nSPS) is 11.6. The van der Waals surface area contributed by atoms with E-state index in [1.165, 1.54) is 4.40 Å². The van der Waals surface area contributed by atoms with Gasteiger partial charge in [-0.3, -0.25) is 9.59 Å². The van der Waals surface area contributed by atoms with Crippen molar-refractivity contribution in [3.8, 4) is 33.4 Å². The Kier molecular flexibility index (Phi) is 5.13. The van der Waals surface area contributed by atoms with Gasteiger partial charge in [0.2, 0.25) is 0 Å². The highest BCUT2D eigenvalue weighted by Crippen LogP contribution is 2.41. The molecule has 192 valence electrons. The first kappa shape index (κ1) is 23.4. The molecule has 6 aromatic carbocycles. The van der Waals surface area contributed by atoms with Crippen LogP contribution in [0.3, 0.4) is 0 Å². The number of hydrogen-bond acceptors (Lipinski definition) is 2. The van der Waals surface area contributed by atoms with Crippen molar-refractivity contribution in [3.05, 3.63) is 160 Å². The molecule has 0 unspecified atom stereocenters. The Morgan fingerprint density at radius 1 is 0.341 bits per heavy atom. The van der Waals surface area contributed by atoms with Gasteiger partial charge < -0.3 is 0 Å². The van der Waals surface area contributed by atoms with E-state index in [-0.39, 0.29) is 11.1 Å². The predicted octanol–water partition coefficient (Wildman–Crippen LogP) is 8.56. The fraction of sp³-hybridized carbons (Fsp3) is 0. The largest absolute Gasteiger partial charge is 0.268 e. The Hall–Kier alpha value is -5.54. The van der Waals surface area contributed by atoms with E-state index in [4.69, 9.17) is 0 Å². The maximum absolute atomic E-state index is 13.7. The fourth-order valence-electron chi connectivity index (χ4n) is 6.34. The second-order valence-electron chi connectivity index (χ2n) is 10.4. The van der Waals surface area contributed by atoms with Gasteiger partial charge in [-0.05, 0) is 68.4 Å². The first-order valence-electron chi connectivity index (χ1n) is 13.7. The molecule has 0 N–H and O–H groups in total. The van der Waals surface area contributed by atoms with E-state index in [1.54, 1.807) is 0 Å². The summed E-state index contributed by atoms with van der Waals surface area (Å²) in [6.45, 7) is 0. The Balaban J connectivity index is 1.52. The van der Waals surface area contributed by atoms with Crippen LogP contribution in [-0.4, -0.2) is 4.40 Å². The molecular formula is C38H23NO2. The molecular weight excluding hydrogens is 502 g/mol. The van der Waals surface area contributed by atoms with E-state index in [0.29, 0.717) is 16.3 Å². The van der Waals surface area contributed by atoms with Gasteiger partial charge in [-0.25, -0.2) is 4.40 Å². The lowest BCUT2D eigenvalue weighted by molar-refractivity contribution is 1.09. The molecule has 0 saturated heterocycles. The van der Waals surface area contributed by atoms with Gasteiger partial charge in [-0.1, -0.05) is 115 Å². The summed E-state index contributed by atoms with van der Waals surface area (Å²) in [5, 5.41) is 4.56. The molecule has 0 radical (unpaired) electrons. The highest BCUT2D eigenvalue weighted by Gasteiger charge is 2.19. The molecule has 2 heterocycles. The molecule has 0 atom stereocenters. The zero-order chi connectivity index (χ0) is 27.5. The first-order valence-corrected chi connectivity index (χ1v) is 13.7. The summed E-state index contributed by atoms with van der Waals surface area (Å²) in [7, 11) is 0. The van der Waals surface area contributed by atoms with E-state index >= 15 is 0 Å². The fourth-order valence-corrected chi connectivity index (χ4v) is 6.34. The van der Waals surface area contributed by atoms with E-state index < -0.39 is 0 Å². The smallest absolute Gasteiger partial charge is 0.266 e. The van der Waals surface area contributed by atoms with Crippen LogP contribution in [-0.2, 0) is 0 Å². The molecule has 0 aliphatic rings. The van der Waals surface area contributed by atoms with Crippen LogP contribution in [0.15, 0.2) is 149 Å². The highest BCUT2D eigenvalue weighted by molar-refractivity contribution is 6.19. The van der Waals surface area contributed by atoms with Crippen molar-refractivity contribution in [1.82, 2.24) is 4.40 Å². The summed E-state index contributed by atoms with van der Waals surface area (Å²) in [6, 6.07) is 46.9. The molecule has 0 saturated carbocycles. The van der Waals surface area contributed by atoms with Crippen LogP contribution in [0.1, 0.15) is 0 Å². The van der Waals surface area contributed by atoms with Gasteiger partial charge in [-0.15, -0.1) is 0 Å². The minimum atomic E-state index is -0.279. The molecule has 3 nitrogen and oxygen atoms in total. The molecule has 2 aromatic heterocycles. The average Bonchev–Trinajstić information content (AvgIpc) is 3.05. The van der Waals surface area contributed by atoms with Gasteiger partial charge >= 0.3 is 0 Å². The van der Waals surface area contributed by atoms with Gasteiger partial charge in [0.1, 0.15) is 0 Å². The zero-order valence-electron chi connectivity index (χ0n) is 22.0. The van der Waals surface area contributed by atoms with Gasteiger partial charge in [0, 0.05) is 21.5 Å². The lowest BCUT2D eigenvalue weighted by Gasteiger charge is -2.17. The van der Waals surface area contributed by atoms with Crippen molar-refractivity contribution in [3.63, 3.8) is 0 Å². The second-order valence-corrected chi connectivity index (χ2v) is 10.4. The summed E-state index contributed by atoms with van der Waals surface area (Å²) in [5.74, 6) is 0. The lowest BCUT2D eigenvalue weighted by Crippen LogP contribution is -2.27. The number of rotatable bonds is 3. The molecule has 3 heteroatoms. The zero-order valence-corrected chi connectivity index (χ0v) is 22.0. The van der Waals surface area contributed by atoms with E-state index in [1.807, 2.05) is 54.6 Å². The summed E-state index contributed by atoms with van der Waals surface area (Å²) >= 11 is 0. The SMILES string of the molecule is O=c1c2ccccc2c2cc(-c3ccccc3-c3ccccc3-c3ccccc3)cc3c4ccccc4c(=O)n1c23. The predicted molar refractivity (Wildman–Crippen MR) is 170 cm³/mol. The van der Waals surface area contributed by atoms with Crippen LogP contribution in [0.2, 0.25) is 0 Å². The standard InChI is InChI=1S/C38H23NO2/c40-37-32-20-10-8-18-30(32)34-22-25(23-35-31-19-9-11-21-33(31)38(41)39(37)36(34)35)27-15-5-7-17-29(27)28-16-6-4-14-26(28)24-12-2-1-3-13-24/h1-23H. The molecule has 41 heavy (non-hydrogen) atoms. The number of aromatic nitrogens is 1. The molecule has 0 fully saturated rings. The number of hydrogen-bond donors (Lipinski definition) is 0. The minimum absolute atomic E-state index is 0.279.